The first-order valence-electron chi connectivity index (χ1n) is 5.57. The molecule has 0 aliphatic rings. The first kappa shape index (κ1) is 12.1. The third kappa shape index (κ3) is 2.49. The summed E-state index contributed by atoms with van der Waals surface area (Å²) in [6.45, 7) is 0. The van der Waals surface area contributed by atoms with Crippen LogP contribution in [0.15, 0.2) is 60.7 Å². The van der Waals surface area contributed by atoms with Crippen LogP contribution < -0.4 is 5.84 Å². The van der Waals surface area contributed by atoms with Crippen LogP contribution in [0, 0.1) is 0 Å². The SMILES string of the molecule is NN(C(=O)O)C(c1ccccc1)c1ccccc1. The molecule has 0 unspecified atom stereocenters. The van der Waals surface area contributed by atoms with Crippen LogP contribution in [-0.4, -0.2) is 16.2 Å². The fraction of sp³-hybridized carbons (Fsp3) is 0.0714. The molecule has 4 nitrogen and oxygen atoms in total. The van der Waals surface area contributed by atoms with Crippen LogP contribution in [0.4, 0.5) is 4.79 Å². The summed E-state index contributed by atoms with van der Waals surface area (Å²) in [7, 11) is 0. The highest BCUT2D eigenvalue weighted by Crippen LogP contribution is 2.26. The van der Waals surface area contributed by atoms with E-state index in [9.17, 15) is 4.79 Å². The summed E-state index contributed by atoms with van der Waals surface area (Å²) in [5.74, 6) is 5.66. The smallest absolute Gasteiger partial charge is 0.422 e. The fourth-order valence-electron chi connectivity index (χ4n) is 1.89. The zero-order valence-electron chi connectivity index (χ0n) is 9.73. The topological polar surface area (TPSA) is 66.6 Å². The van der Waals surface area contributed by atoms with Gasteiger partial charge in [-0.2, -0.15) is 0 Å². The van der Waals surface area contributed by atoms with E-state index in [4.69, 9.17) is 10.9 Å². The van der Waals surface area contributed by atoms with E-state index in [1.165, 1.54) is 0 Å². The van der Waals surface area contributed by atoms with E-state index in [1.807, 2.05) is 60.7 Å². The number of nitrogens with zero attached hydrogens (tertiary/aromatic N) is 1. The second kappa shape index (κ2) is 5.33. The molecule has 92 valence electrons. The van der Waals surface area contributed by atoms with Crippen molar-refractivity contribution < 1.29 is 9.90 Å². The Labute approximate surface area is 105 Å². The van der Waals surface area contributed by atoms with Gasteiger partial charge in [-0.15, -0.1) is 0 Å². The van der Waals surface area contributed by atoms with E-state index in [0.29, 0.717) is 0 Å². The number of amides is 1. The maximum absolute atomic E-state index is 11.1. The molecule has 0 fully saturated rings. The van der Waals surface area contributed by atoms with Gasteiger partial charge in [0.1, 0.15) is 6.04 Å². The van der Waals surface area contributed by atoms with Crippen molar-refractivity contribution in [1.29, 1.82) is 0 Å². The molecule has 18 heavy (non-hydrogen) atoms. The van der Waals surface area contributed by atoms with E-state index in [2.05, 4.69) is 0 Å². The molecule has 0 aliphatic heterocycles. The zero-order valence-corrected chi connectivity index (χ0v) is 9.73. The van der Waals surface area contributed by atoms with Crippen LogP contribution in [0.25, 0.3) is 0 Å². The Morgan fingerprint density at radius 3 is 1.67 bits per heavy atom. The molecule has 2 rings (SSSR count). The highest BCUT2D eigenvalue weighted by Gasteiger charge is 2.23. The van der Waals surface area contributed by atoms with E-state index in [-0.39, 0.29) is 0 Å². The largest absolute Gasteiger partial charge is 0.464 e. The number of hydrogen-bond acceptors (Lipinski definition) is 2. The van der Waals surface area contributed by atoms with Crippen LogP contribution in [-0.2, 0) is 0 Å². The summed E-state index contributed by atoms with van der Waals surface area (Å²) in [5.41, 5.74) is 1.68. The summed E-state index contributed by atoms with van der Waals surface area (Å²) in [6, 6.07) is 18.2. The first-order chi connectivity index (χ1) is 8.70. The molecule has 4 heteroatoms. The third-order valence-corrected chi connectivity index (χ3v) is 2.73. The molecule has 2 aromatic rings. The molecule has 0 spiro atoms. The molecule has 3 N–H and O–H groups in total. The lowest BCUT2D eigenvalue weighted by Gasteiger charge is -2.25. The minimum atomic E-state index is -1.16. The monoisotopic (exact) mass is 242 g/mol. The standard InChI is InChI=1S/C14H14N2O2/c15-16(14(17)18)13(11-7-3-1-4-8-11)12-9-5-2-6-10-12/h1-10,13H,15H2,(H,17,18). The molecule has 0 heterocycles. The molecular weight excluding hydrogens is 228 g/mol. The molecule has 0 aliphatic carbocycles. The molecule has 1 amide bonds. The van der Waals surface area contributed by atoms with Crippen molar-refractivity contribution in [2.75, 3.05) is 0 Å². The molecule has 0 saturated heterocycles. The van der Waals surface area contributed by atoms with Gasteiger partial charge in [-0.1, -0.05) is 60.7 Å². The minimum Gasteiger partial charge on any atom is -0.464 e. The Balaban J connectivity index is 2.45. The molecule has 0 bridgehead atoms. The average Bonchev–Trinajstić information content (AvgIpc) is 2.41. The van der Waals surface area contributed by atoms with Gasteiger partial charge in [-0.05, 0) is 11.1 Å². The lowest BCUT2D eigenvalue weighted by Crippen LogP contribution is -2.40. The maximum atomic E-state index is 11.1. The van der Waals surface area contributed by atoms with Crippen LogP contribution in [0.2, 0.25) is 0 Å². The Kier molecular flexibility index (Phi) is 3.60. The van der Waals surface area contributed by atoms with Gasteiger partial charge < -0.3 is 5.11 Å². The normalized spacial score (nSPS) is 10.3. The number of benzene rings is 2. The van der Waals surface area contributed by atoms with Gasteiger partial charge in [0.2, 0.25) is 0 Å². The Morgan fingerprint density at radius 1 is 0.944 bits per heavy atom. The first-order valence-corrected chi connectivity index (χ1v) is 5.57. The van der Waals surface area contributed by atoms with E-state index >= 15 is 0 Å². The van der Waals surface area contributed by atoms with E-state index in [1.54, 1.807) is 0 Å². The fourth-order valence-corrected chi connectivity index (χ4v) is 1.89. The van der Waals surface area contributed by atoms with E-state index in [0.717, 1.165) is 16.1 Å². The number of carboxylic acid groups (broad SMARTS) is 1. The van der Waals surface area contributed by atoms with Crippen LogP contribution in [0.3, 0.4) is 0 Å². The van der Waals surface area contributed by atoms with Gasteiger partial charge in [0.15, 0.2) is 0 Å². The lowest BCUT2D eigenvalue weighted by atomic mass is 9.98. The van der Waals surface area contributed by atoms with E-state index < -0.39 is 12.1 Å². The van der Waals surface area contributed by atoms with Crippen molar-refractivity contribution in [3.05, 3.63) is 71.8 Å². The van der Waals surface area contributed by atoms with Gasteiger partial charge in [0.25, 0.3) is 0 Å². The minimum absolute atomic E-state index is 0.495. The number of hydrogen-bond donors (Lipinski definition) is 2. The summed E-state index contributed by atoms with van der Waals surface area (Å²) in [6.07, 6.45) is -1.16. The van der Waals surface area contributed by atoms with Crippen LogP contribution in [0.1, 0.15) is 17.2 Å². The summed E-state index contributed by atoms with van der Waals surface area (Å²) in [5, 5.41) is 9.90. The maximum Gasteiger partial charge on any atom is 0.422 e. The quantitative estimate of drug-likeness (QED) is 0.494. The van der Waals surface area contributed by atoms with Gasteiger partial charge in [0, 0.05) is 0 Å². The molecule has 0 saturated carbocycles. The third-order valence-electron chi connectivity index (χ3n) is 2.73. The lowest BCUT2D eigenvalue weighted by molar-refractivity contribution is 0.133. The molecule has 0 radical (unpaired) electrons. The highest BCUT2D eigenvalue weighted by atomic mass is 16.4. The van der Waals surface area contributed by atoms with Crippen molar-refractivity contribution in [1.82, 2.24) is 5.01 Å². The van der Waals surface area contributed by atoms with Crippen LogP contribution >= 0.6 is 0 Å². The average molecular weight is 242 g/mol. The highest BCUT2D eigenvalue weighted by molar-refractivity contribution is 5.65. The van der Waals surface area contributed by atoms with Gasteiger partial charge >= 0.3 is 6.09 Å². The predicted molar refractivity (Wildman–Crippen MR) is 68.8 cm³/mol. The summed E-state index contributed by atoms with van der Waals surface area (Å²) >= 11 is 0. The number of hydrazine groups is 1. The Bertz CT molecular complexity index is 474. The number of nitrogens with two attached hydrogens (primary N) is 1. The van der Waals surface area contributed by atoms with Gasteiger partial charge in [-0.3, -0.25) is 0 Å². The van der Waals surface area contributed by atoms with Crippen molar-refractivity contribution in [3.63, 3.8) is 0 Å². The van der Waals surface area contributed by atoms with Crippen molar-refractivity contribution in [2.24, 2.45) is 5.84 Å². The molecule has 0 aromatic heterocycles. The summed E-state index contributed by atoms with van der Waals surface area (Å²) in [4.78, 5) is 11.1. The van der Waals surface area contributed by atoms with Crippen molar-refractivity contribution in [3.8, 4) is 0 Å². The Hall–Kier alpha value is -2.33. The predicted octanol–water partition coefficient (Wildman–Crippen LogP) is 2.63. The summed E-state index contributed by atoms with van der Waals surface area (Å²) < 4.78 is 0. The molecule has 2 aromatic carbocycles. The molecule has 0 atom stereocenters. The van der Waals surface area contributed by atoms with Gasteiger partial charge in [-0.25, -0.2) is 15.6 Å². The van der Waals surface area contributed by atoms with Gasteiger partial charge in [0.05, 0.1) is 0 Å². The second-order valence-electron chi connectivity index (χ2n) is 3.91. The zero-order chi connectivity index (χ0) is 13.0. The number of carbonyl (C=O) groups is 1. The van der Waals surface area contributed by atoms with Crippen LogP contribution in [0.5, 0.6) is 0 Å². The van der Waals surface area contributed by atoms with Crippen molar-refractivity contribution >= 4 is 6.09 Å². The number of rotatable bonds is 3. The Morgan fingerprint density at radius 2 is 1.33 bits per heavy atom. The van der Waals surface area contributed by atoms with Crippen molar-refractivity contribution in [2.45, 2.75) is 6.04 Å². The second-order valence-corrected chi connectivity index (χ2v) is 3.91. The molecular formula is C14H14N2O2.